The third-order valence-electron chi connectivity index (χ3n) is 4.32. The van der Waals surface area contributed by atoms with Gasteiger partial charge < -0.3 is 4.90 Å². The standard InChI is InChI=1S/C17H19N7OS/c1-12(17(25)23-10-3-2-4-11-23)26-14-7-6-13-20-21-16(24(13)22-14)15-18-8-5-9-19-15/h5-9,12H,2-4,10-11H2,1H3. The Labute approximate surface area is 155 Å². The minimum absolute atomic E-state index is 0.173. The van der Waals surface area contributed by atoms with Gasteiger partial charge in [-0.15, -0.1) is 10.2 Å². The van der Waals surface area contributed by atoms with Gasteiger partial charge in [0.1, 0.15) is 5.03 Å². The van der Waals surface area contributed by atoms with Crippen molar-refractivity contribution in [3.63, 3.8) is 0 Å². The lowest BCUT2D eigenvalue weighted by molar-refractivity contribution is -0.131. The largest absolute Gasteiger partial charge is 0.342 e. The molecule has 1 amide bonds. The predicted octanol–water partition coefficient (Wildman–Crippen LogP) is 2.07. The van der Waals surface area contributed by atoms with E-state index in [1.807, 2.05) is 24.0 Å². The molecular weight excluding hydrogens is 350 g/mol. The molecule has 1 unspecified atom stereocenters. The summed E-state index contributed by atoms with van der Waals surface area (Å²) in [6, 6.07) is 5.45. The van der Waals surface area contributed by atoms with Crippen LogP contribution in [0.3, 0.4) is 0 Å². The number of piperidine rings is 1. The van der Waals surface area contributed by atoms with E-state index in [-0.39, 0.29) is 11.2 Å². The molecule has 3 aromatic heterocycles. The number of carbonyl (C=O) groups is 1. The molecule has 26 heavy (non-hydrogen) atoms. The summed E-state index contributed by atoms with van der Waals surface area (Å²) < 4.78 is 1.62. The van der Waals surface area contributed by atoms with E-state index in [4.69, 9.17) is 0 Å². The van der Waals surface area contributed by atoms with Crippen molar-refractivity contribution >= 4 is 23.3 Å². The van der Waals surface area contributed by atoms with Crippen LogP contribution in [0.25, 0.3) is 17.3 Å². The van der Waals surface area contributed by atoms with E-state index in [0.717, 1.165) is 31.0 Å². The first-order valence-electron chi connectivity index (χ1n) is 8.68. The highest BCUT2D eigenvalue weighted by atomic mass is 32.2. The SMILES string of the molecule is CC(Sc1ccc2nnc(-c3ncccn3)n2n1)C(=O)N1CCCCC1. The molecule has 1 atom stereocenters. The summed E-state index contributed by atoms with van der Waals surface area (Å²) in [5.74, 6) is 1.12. The van der Waals surface area contributed by atoms with Gasteiger partial charge in [-0.1, -0.05) is 11.8 Å². The fourth-order valence-electron chi connectivity index (χ4n) is 2.99. The molecule has 1 fully saturated rings. The average Bonchev–Trinajstić information content (AvgIpc) is 3.12. The van der Waals surface area contributed by atoms with Gasteiger partial charge in [-0.3, -0.25) is 4.79 Å². The van der Waals surface area contributed by atoms with Crippen LogP contribution in [-0.4, -0.2) is 58.9 Å². The van der Waals surface area contributed by atoms with Gasteiger partial charge in [0.25, 0.3) is 0 Å². The number of likely N-dealkylation sites (tertiary alicyclic amines) is 1. The maximum absolute atomic E-state index is 12.6. The van der Waals surface area contributed by atoms with Gasteiger partial charge in [-0.05, 0) is 44.4 Å². The summed E-state index contributed by atoms with van der Waals surface area (Å²) in [5, 5.41) is 13.4. The number of hydrogen-bond acceptors (Lipinski definition) is 7. The number of amides is 1. The Morgan fingerprint density at radius 3 is 2.65 bits per heavy atom. The minimum atomic E-state index is -0.189. The highest BCUT2D eigenvalue weighted by Crippen LogP contribution is 2.25. The maximum Gasteiger partial charge on any atom is 0.235 e. The van der Waals surface area contributed by atoms with Crippen LogP contribution in [0.5, 0.6) is 0 Å². The molecule has 134 valence electrons. The van der Waals surface area contributed by atoms with Crippen molar-refractivity contribution in [3.8, 4) is 11.6 Å². The number of fused-ring (bicyclic) bond motifs is 1. The highest BCUT2D eigenvalue weighted by molar-refractivity contribution is 8.00. The second-order valence-corrected chi connectivity index (χ2v) is 7.54. The maximum atomic E-state index is 12.6. The zero-order valence-electron chi connectivity index (χ0n) is 14.4. The second kappa shape index (κ2) is 7.36. The molecule has 4 heterocycles. The van der Waals surface area contributed by atoms with Crippen LogP contribution in [0.4, 0.5) is 0 Å². The van der Waals surface area contributed by atoms with Crippen LogP contribution in [0.1, 0.15) is 26.2 Å². The molecule has 9 heteroatoms. The van der Waals surface area contributed by atoms with E-state index >= 15 is 0 Å². The first-order chi connectivity index (χ1) is 12.7. The van der Waals surface area contributed by atoms with Gasteiger partial charge in [0, 0.05) is 25.5 Å². The lowest BCUT2D eigenvalue weighted by atomic mass is 10.1. The van der Waals surface area contributed by atoms with Crippen molar-refractivity contribution < 1.29 is 4.79 Å². The summed E-state index contributed by atoms with van der Waals surface area (Å²) in [4.78, 5) is 23.0. The molecule has 1 aliphatic heterocycles. The Morgan fingerprint density at radius 1 is 1.12 bits per heavy atom. The fraction of sp³-hybridized carbons (Fsp3) is 0.412. The lowest BCUT2D eigenvalue weighted by Crippen LogP contribution is -2.40. The zero-order chi connectivity index (χ0) is 17.9. The number of thioether (sulfide) groups is 1. The summed E-state index contributed by atoms with van der Waals surface area (Å²) in [5.41, 5.74) is 0.617. The van der Waals surface area contributed by atoms with Gasteiger partial charge in [-0.25, -0.2) is 9.97 Å². The Balaban J connectivity index is 1.56. The van der Waals surface area contributed by atoms with Gasteiger partial charge >= 0.3 is 0 Å². The molecule has 0 bridgehead atoms. The molecule has 8 nitrogen and oxygen atoms in total. The van der Waals surface area contributed by atoms with Gasteiger partial charge in [-0.2, -0.15) is 9.61 Å². The number of hydrogen-bond donors (Lipinski definition) is 0. The normalized spacial score (nSPS) is 16.0. The molecule has 0 aromatic carbocycles. The van der Waals surface area contributed by atoms with Crippen LogP contribution >= 0.6 is 11.8 Å². The monoisotopic (exact) mass is 369 g/mol. The van der Waals surface area contributed by atoms with E-state index in [1.54, 1.807) is 23.0 Å². The molecule has 1 aliphatic rings. The molecule has 0 N–H and O–H groups in total. The van der Waals surface area contributed by atoms with Crippen LogP contribution in [0.2, 0.25) is 0 Å². The third-order valence-corrected chi connectivity index (χ3v) is 5.33. The van der Waals surface area contributed by atoms with Crippen LogP contribution in [0, 0.1) is 0 Å². The van der Waals surface area contributed by atoms with Gasteiger partial charge in [0.05, 0.1) is 5.25 Å². The van der Waals surface area contributed by atoms with Crippen LogP contribution in [0.15, 0.2) is 35.6 Å². The van der Waals surface area contributed by atoms with E-state index in [9.17, 15) is 4.79 Å². The Morgan fingerprint density at radius 2 is 1.88 bits per heavy atom. The minimum Gasteiger partial charge on any atom is -0.342 e. The predicted molar refractivity (Wildman–Crippen MR) is 97.6 cm³/mol. The summed E-state index contributed by atoms with van der Waals surface area (Å²) in [7, 11) is 0. The Hall–Kier alpha value is -2.55. The van der Waals surface area contributed by atoms with Gasteiger partial charge in [0.2, 0.25) is 11.7 Å². The smallest absolute Gasteiger partial charge is 0.235 e. The van der Waals surface area contributed by atoms with E-state index in [2.05, 4.69) is 25.3 Å². The van der Waals surface area contributed by atoms with Gasteiger partial charge in [0.15, 0.2) is 11.5 Å². The molecule has 4 rings (SSSR count). The van der Waals surface area contributed by atoms with Crippen molar-refractivity contribution in [2.24, 2.45) is 0 Å². The van der Waals surface area contributed by atoms with Crippen molar-refractivity contribution in [1.29, 1.82) is 0 Å². The second-order valence-electron chi connectivity index (χ2n) is 6.18. The van der Waals surface area contributed by atoms with Crippen LogP contribution < -0.4 is 0 Å². The van der Waals surface area contributed by atoms with E-state index in [1.165, 1.54) is 18.2 Å². The number of aromatic nitrogens is 6. The van der Waals surface area contributed by atoms with Crippen LogP contribution in [-0.2, 0) is 4.79 Å². The molecule has 0 saturated carbocycles. The fourth-order valence-corrected chi connectivity index (χ4v) is 3.88. The van der Waals surface area contributed by atoms with Crippen molar-refractivity contribution in [2.45, 2.75) is 36.5 Å². The Kier molecular flexibility index (Phi) is 4.79. The topological polar surface area (TPSA) is 89.2 Å². The zero-order valence-corrected chi connectivity index (χ0v) is 15.3. The highest BCUT2D eigenvalue weighted by Gasteiger charge is 2.23. The molecule has 3 aromatic rings. The third kappa shape index (κ3) is 3.39. The van der Waals surface area contributed by atoms with E-state index in [0.29, 0.717) is 17.3 Å². The van der Waals surface area contributed by atoms with Crippen molar-refractivity contribution in [3.05, 3.63) is 30.6 Å². The molecule has 0 radical (unpaired) electrons. The lowest BCUT2D eigenvalue weighted by Gasteiger charge is -2.28. The molecule has 0 aliphatic carbocycles. The molecule has 0 spiro atoms. The van der Waals surface area contributed by atoms with Crippen molar-refractivity contribution in [2.75, 3.05) is 13.1 Å². The molecule has 1 saturated heterocycles. The number of nitrogens with zero attached hydrogens (tertiary/aromatic N) is 7. The van der Waals surface area contributed by atoms with E-state index < -0.39 is 0 Å². The summed E-state index contributed by atoms with van der Waals surface area (Å²) in [6.45, 7) is 3.65. The first kappa shape index (κ1) is 16.9. The quantitative estimate of drug-likeness (QED) is 0.650. The first-order valence-corrected chi connectivity index (χ1v) is 9.55. The average molecular weight is 369 g/mol. The summed E-state index contributed by atoms with van der Waals surface area (Å²) in [6.07, 6.45) is 6.70. The van der Waals surface area contributed by atoms with Crippen molar-refractivity contribution in [1.82, 2.24) is 34.7 Å². The molecular formula is C17H19N7OS. The summed E-state index contributed by atoms with van der Waals surface area (Å²) >= 11 is 1.45. The Bertz CT molecular complexity index is 908. The number of carbonyl (C=O) groups excluding carboxylic acids is 1. The number of rotatable bonds is 4.